The van der Waals surface area contributed by atoms with E-state index in [-0.39, 0.29) is 11.7 Å². The first-order valence-electron chi connectivity index (χ1n) is 8.38. The van der Waals surface area contributed by atoms with Gasteiger partial charge in [-0.25, -0.2) is 9.07 Å². The molecule has 1 N–H and O–H groups in total. The third-order valence-corrected chi connectivity index (χ3v) is 4.02. The molecule has 2 aromatic carbocycles. The normalized spacial score (nSPS) is 12.0. The highest BCUT2D eigenvalue weighted by Gasteiger charge is 2.22. The quantitative estimate of drug-likeness (QED) is 0.728. The summed E-state index contributed by atoms with van der Waals surface area (Å²) in [7, 11) is 0. The number of hydrogen-bond acceptors (Lipinski definition) is 3. The van der Waals surface area contributed by atoms with Crippen LogP contribution in [0.3, 0.4) is 0 Å². The SMILES string of the molecule is CCO[C@H](C(=O)Nc1cnn(-c2ccccc2F)c1C)c1ccccc1. The first-order valence-corrected chi connectivity index (χ1v) is 8.38. The number of carbonyl (C=O) groups is 1. The van der Waals surface area contributed by atoms with Gasteiger partial charge in [-0.05, 0) is 31.5 Å². The summed E-state index contributed by atoms with van der Waals surface area (Å²) in [5, 5.41) is 7.03. The molecule has 1 amide bonds. The van der Waals surface area contributed by atoms with Crippen LogP contribution in [0.2, 0.25) is 0 Å². The predicted octanol–water partition coefficient (Wildman–Crippen LogP) is 4.04. The van der Waals surface area contributed by atoms with E-state index in [1.807, 2.05) is 37.3 Å². The second-order valence-corrected chi connectivity index (χ2v) is 5.74. The van der Waals surface area contributed by atoms with Crippen LogP contribution in [0.25, 0.3) is 5.69 Å². The monoisotopic (exact) mass is 353 g/mol. The number of hydrogen-bond donors (Lipinski definition) is 1. The van der Waals surface area contributed by atoms with Crippen molar-refractivity contribution in [1.29, 1.82) is 0 Å². The fraction of sp³-hybridized carbons (Fsp3) is 0.200. The first-order chi connectivity index (χ1) is 12.6. The van der Waals surface area contributed by atoms with Gasteiger partial charge in [-0.1, -0.05) is 42.5 Å². The van der Waals surface area contributed by atoms with Crippen molar-refractivity contribution >= 4 is 11.6 Å². The Morgan fingerprint density at radius 1 is 1.19 bits per heavy atom. The van der Waals surface area contributed by atoms with Crippen LogP contribution in [0.4, 0.5) is 10.1 Å². The number of rotatable bonds is 6. The molecule has 0 saturated carbocycles. The molecule has 0 radical (unpaired) electrons. The van der Waals surface area contributed by atoms with Crippen LogP contribution < -0.4 is 5.32 Å². The van der Waals surface area contributed by atoms with E-state index < -0.39 is 6.10 Å². The van der Waals surface area contributed by atoms with Gasteiger partial charge in [0.15, 0.2) is 6.10 Å². The Hall–Kier alpha value is -2.99. The molecule has 134 valence electrons. The molecule has 3 rings (SSSR count). The highest BCUT2D eigenvalue weighted by Crippen LogP contribution is 2.23. The average Bonchev–Trinajstić information content (AvgIpc) is 3.01. The standard InChI is InChI=1S/C20H20FN3O2/c1-3-26-19(15-9-5-4-6-10-15)20(25)23-17-13-22-24(14(17)2)18-12-8-7-11-16(18)21/h4-13,19H,3H2,1-2H3,(H,23,25)/t19-/m0/s1. The lowest BCUT2D eigenvalue weighted by atomic mass is 10.1. The summed E-state index contributed by atoms with van der Waals surface area (Å²) in [6.45, 7) is 4.01. The van der Waals surface area contributed by atoms with E-state index in [4.69, 9.17) is 4.74 Å². The van der Waals surface area contributed by atoms with Gasteiger partial charge in [-0.15, -0.1) is 0 Å². The topological polar surface area (TPSA) is 56.1 Å². The number of anilines is 1. The highest BCUT2D eigenvalue weighted by molar-refractivity contribution is 5.95. The van der Waals surface area contributed by atoms with Crippen LogP contribution in [0, 0.1) is 12.7 Å². The Morgan fingerprint density at radius 3 is 2.58 bits per heavy atom. The molecule has 0 bridgehead atoms. The summed E-state index contributed by atoms with van der Waals surface area (Å²) in [4.78, 5) is 12.7. The Bertz CT molecular complexity index is 893. The number of para-hydroxylation sites is 1. The van der Waals surface area contributed by atoms with E-state index in [9.17, 15) is 9.18 Å². The molecule has 3 aromatic rings. The van der Waals surface area contributed by atoms with Crippen LogP contribution >= 0.6 is 0 Å². The molecule has 5 nitrogen and oxygen atoms in total. The smallest absolute Gasteiger partial charge is 0.258 e. The predicted molar refractivity (Wildman–Crippen MR) is 97.7 cm³/mol. The highest BCUT2D eigenvalue weighted by atomic mass is 19.1. The maximum Gasteiger partial charge on any atom is 0.258 e. The summed E-state index contributed by atoms with van der Waals surface area (Å²) in [6.07, 6.45) is 0.783. The van der Waals surface area contributed by atoms with Crippen molar-refractivity contribution in [1.82, 2.24) is 9.78 Å². The van der Waals surface area contributed by atoms with Gasteiger partial charge in [0.05, 0.1) is 17.6 Å². The number of amides is 1. The number of ether oxygens (including phenoxy) is 1. The molecule has 0 saturated heterocycles. The third-order valence-electron chi connectivity index (χ3n) is 4.02. The van der Waals surface area contributed by atoms with E-state index in [1.54, 1.807) is 25.1 Å². The number of nitrogens with one attached hydrogen (secondary N) is 1. The van der Waals surface area contributed by atoms with Gasteiger partial charge in [0.2, 0.25) is 0 Å². The number of benzene rings is 2. The molecule has 0 aliphatic rings. The van der Waals surface area contributed by atoms with E-state index >= 15 is 0 Å². The van der Waals surface area contributed by atoms with Gasteiger partial charge in [0.25, 0.3) is 5.91 Å². The molecule has 26 heavy (non-hydrogen) atoms. The zero-order valence-electron chi connectivity index (χ0n) is 14.6. The summed E-state index contributed by atoms with van der Waals surface area (Å²) < 4.78 is 21.1. The van der Waals surface area contributed by atoms with Crippen molar-refractivity contribution in [3.8, 4) is 5.69 Å². The van der Waals surface area contributed by atoms with Gasteiger partial charge >= 0.3 is 0 Å². The number of carbonyl (C=O) groups excluding carboxylic acids is 1. The van der Waals surface area contributed by atoms with Gasteiger partial charge in [0, 0.05) is 6.61 Å². The van der Waals surface area contributed by atoms with Crippen LogP contribution in [-0.2, 0) is 9.53 Å². The molecule has 0 fully saturated rings. The van der Waals surface area contributed by atoms with Crippen molar-refractivity contribution in [2.24, 2.45) is 0 Å². The summed E-state index contributed by atoms with van der Waals surface area (Å²) >= 11 is 0. The second-order valence-electron chi connectivity index (χ2n) is 5.74. The molecule has 0 unspecified atom stereocenters. The molecular weight excluding hydrogens is 333 g/mol. The molecular formula is C20H20FN3O2. The van der Waals surface area contributed by atoms with Crippen LogP contribution in [0.1, 0.15) is 24.3 Å². The summed E-state index contributed by atoms with van der Waals surface area (Å²) in [5.41, 5.74) is 2.24. The fourth-order valence-corrected chi connectivity index (χ4v) is 2.71. The van der Waals surface area contributed by atoms with E-state index in [0.717, 1.165) is 5.56 Å². The van der Waals surface area contributed by atoms with Crippen LogP contribution in [-0.4, -0.2) is 22.3 Å². The number of nitrogens with zero attached hydrogens (tertiary/aromatic N) is 2. The van der Waals surface area contributed by atoms with Crippen LogP contribution in [0.15, 0.2) is 60.8 Å². The Morgan fingerprint density at radius 2 is 1.88 bits per heavy atom. The van der Waals surface area contributed by atoms with Gasteiger partial charge in [-0.3, -0.25) is 4.79 Å². The minimum Gasteiger partial charge on any atom is -0.364 e. The maximum absolute atomic E-state index is 14.0. The minimum atomic E-state index is -0.725. The molecule has 1 heterocycles. The van der Waals surface area contributed by atoms with Crippen molar-refractivity contribution in [2.45, 2.75) is 20.0 Å². The van der Waals surface area contributed by atoms with Gasteiger partial charge in [-0.2, -0.15) is 5.10 Å². The lowest BCUT2D eigenvalue weighted by Gasteiger charge is -2.17. The summed E-state index contributed by atoms with van der Waals surface area (Å²) in [5.74, 6) is -0.678. The number of aromatic nitrogens is 2. The van der Waals surface area contributed by atoms with E-state index in [0.29, 0.717) is 23.7 Å². The number of halogens is 1. The molecule has 0 aliphatic carbocycles. The lowest BCUT2D eigenvalue weighted by molar-refractivity contribution is -0.127. The molecule has 6 heteroatoms. The lowest BCUT2D eigenvalue weighted by Crippen LogP contribution is -2.23. The summed E-state index contributed by atoms with van der Waals surface area (Å²) in [6, 6.07) is 15.6. The third kappa shape index (κ3) is 3.65. The van der Waals surface area contributed by atoms with Crippen molar-refractivity contribution in [3.63, 3.8) is 0 Å². The minimum absolute atomic E-state index is 0.297. The van der Waals surface area contributed by atoms with Crippen molar-refractivity contribution in [3.05, 3.63) is 77.9 Å². The molecule has 1 aromatic heterocycles. The zero-order chi connectivity index (χ0) is 18.5. The zero-order valence-corrected chi connectivity index (χ0v) is 14.6. The Labute approximate surface area is 151 Å². The van der Waals surface area contributed by atoms with Crippen molar-refractivity contribution < 1.29 is 13.9 Å². The first kappa shape index (κ1) is 17.8. The second kappa shape index (κ2) is 7.93. The Balaban J connectivity index is 1.84. The Kier molecular flexibility index (Phi) is 5.43. The maximum atomic E-state index is 14.0. The molecule has 0 aliphatic heterocycles. The average molecular weight is 353 g/mol. The van der Waals surface area contributed by atoms with E-state index in [1.165, 1.54) is 16.9 Å². The van der Waals surface area contributed by atoms with Gasteiger partial charge in [0.1, 0.15) is 11.5 Å². The fourth-order valence-electron chi connectivity index (χ4n) is 2.71. The van der Waals surface area contributed by atoms with E-state index in [2.05, 4.69) is 10.4 Å². The van der Waals surface area contributed by atoms with Gasteiger partial charge < -0.3 is 10.1 Å². The largest absolute Gasteiger partial charge is 0.364 e. The molecule has 1 atom stereocenters. The van der Waals surface area contributed by atoms with Crippen LogP contribution in [0.5, 0.6) is 0 Å². The molecule has 0 spiro atoms. The van der Waals surface area contributed by atoms with Crippen molar-refractivity contribution in [2.75, 3.05) is 11.9 Å².